The lowest BCUT2D eigenvalue weighted by Gasteiger charge is -2.60. The molecule has 13 heteroatoms. The number of hydrogen-bond donors (Lipinski definition) is 4. The van der Waals surface area contributed by atoms with Gasteiger partial charge in [0.15, 0.2) is 0 Å². The molecule has 0 radical (unpaired) electrons. The van der Waals surface area contributed by atoms with Crippen LogP contribution in [0.4, 0.5) is 13.2 Å². The zero-order valence-corrected chi connectivity index (χ0v) is 24.9. The third kappa shape index (κ3) is 4.56. The van der Waals surface area contributed by atoms with E-state index in [0.29, 0.717) is 11.5 Å². The Kier molecular flexibility index (Phi) is 8.13. The van der Waals surface area contributed by atoms with E-state index >= 15 is 4.39 Å². The summed E-state index contributed by atoms with van der Waals surface area (Å²) in [6.45, 7) is -2.05. The van der Waals surface area contributed by atoms with Crippen molar-refractivity contribution < 1.29 is 37.3 Å². The summed E-state index contributed by atoms with van der Waals surface area (Å²) in [6.07, 6.45) is 4.26. The van der Waals surface area contributed by atoms with Crippen LogP contribution in [-0.2, 0) is 19.1 Å². The summed E-state index contributed by atoms with van der Waals surface area (Å²) in [5, 5.41) is 19.1. The van der Waals surface area contributed by atoms with Crippen LogP contribution in [0.15, 0.2) is 41.5 Å². The lowest BCUT2D eigenvalue weighted by molar-refractivity contribution is -0.146. The molecule has 0 aromatic heterocycles. The zero-order chi connectivity index (χ0) is 30.7. The average Bonchev–Trinajstić information content (AvgIpc) is 3.45. The molecule has 6 rings (SSSR count). The van der Waals surface area contributed by atoms with Crippen molar-refractivity contribution in [3.05, 3.63) is 57.9 Å². The van der Waals surface area contributed by atoms with Crippen LogP contribution in [0.5, 0.6) is 0 Å². The Morgan fingerprint density at radius 3 is 2.67 bits per heavy atom. The van der Waals surface area contributed by atoms with E-state index in [9.17, 15) is 23.5 Å². The van der Waals surface area contributed by atoms with Gasteiger partial charge in [-0.15, -0.1) is 0 Å². The predicted molar refractivity (Wildman–Crippen MR) is 153 cm³/mol. The number of aliphatic hydroxyl groups excluding tert-OH is 1. The van der Waals surface area contributed by atoms with Crippen molar-refractivity contribution in [2.75, 3.05) is 33.7 Å². The molecule has 2 amide bonds. The summed E-state index contributed by atoms with van der Waals surface area (Å²) in [7, 11) is 1.48. The van der Waals surface area contributed by atoms with Gasteiger partial charge in [-0.25, -0.2) is 4.39 Å². The molecule has 234 valence electrons. The second kappa shape index (κ2) is 11.3. The number of halogens is 5. The maximum atomic E-state index is 16.0. The normalized spacial score (nSPS) is 37.1. The Hall–Kier alpha value is -2.15. The van der Waals surface area contributed by atoms with E-state index in [-0.39, 0.29) is 36.6 Å². The van der Waals surface area contributed by atoms with E-state index in [2.05, 4.69) is 16.0 Å². The molecular formula is C30H34Cl2F3N3O5. The molecule has 4 N–H and O–H groups in total. The molecular weight excluding hydrogens is 610 g/mol. The van der Waals surface area contributed by atoms with Gasteiger partial charge in [0.2, 0.25) is 11.8 Å². The first kappa shape index (κ1) is 30.9. The lowest BCUT2D eigenvalue weighted by Crippen LogP contribution is -2.70. The molecule has 2 aliphatic carbocycles. The molecule has 1 saturated carbocycles. The third-order valence-corrected chi connectivity index (χ3v) is 10.8. The largest absolute Gasteiger partial charge is 0.394 e. The smallest absolute Gasteiger partial charge is 0.238 e. The fourth-order valence-electron chi connectivity index (χ4n) is 8.49. The molecule has 5 aliphatic rings. The zero-order valence-electron chi connectivity index (χ0n) is 23.4. The maximum Gasteiger partial charge on any atom is 0.238 e. The Morgan fingerprint density at radius 1 is 1.26 bits per heavy atom. The number of rotatable bonds is 7. The van der Waals surface area contributed by atoms with Gasteiger partial charge in [0.1, 0.15) is 11.9 Å². The second-order valence-electron chi connectivity index (χ2n) is 12.5. The van der Waals surface area contributed by atoms with Crippen LogP contribution in [0.2, 0.25) is 5.02 Å². The van der Waals surface area contributed by atoms with Crippen molar-refractivity contribution in [3.63, 3.8) is 0 Å². The van der Waals surface area contributed by atoms with Gasteiger partial charge < -0.3 is 25.2 Å². The number of alkyl halides is 2. The van der Waals surface area contributed by atoms with Crippen LogP contribution in [0, 0.1) is 22.6 Å². The lowest BCUT2D eigenvalue weighted by atomic mass is 9.44. The van der Waals surface area contributed by atoms with E-state index in [0.717, 1.165) is 0 Å². The number of allylic oxidation sites excluding steroid dienone is 2. The minimum atomic E-state index is -1.52. The standard InChI is InChI=1S/C30H34Cl2F3N3O5/c1-42-21-8-16(10-43-22(21)9-39)36-26(40)25-23(17-3-2-4-19(32)24(17)35)30(29(38-25)11-28(12-29,13-33)14-34)18-6-5-15(31)7-20(18)37-27(30)41/h2-7,16,18,20-23,25,38-39H,8-14H2,1H3,(H,36,40)(H,37,41)/t16-,18?,20?,21-,22-,23+,25-,30-/m1/s1. The van der Waals surface area contributed by atoms with Gasteiger partial charge in [-0.1, -0.05) is 41.4 Å². The minimum absolute atomic E-state index is 0.0508. The summed E-state index contributed by atoms with van der Waals surface area (Å²) < 4.78 is 55.8. The minimum Gasteiger partial charge on any atom is -0.394 e. The molecule has 2 unspecified atom stereocenters. The summed E-state index contributed by atoms with van der Waals surface area (Å²) in [5.74, 6) is -3.49. The summed E-state index contributed by atoms with van der Waals surface area (Å²) in [4.78, 5) is 28.6. The summed E-state index contributed by atoms with van der Waals surface area (Å²) in [6, 6.07) is 2.15. The van der Waals surface area contributed by atoms with Crippen molar-refractivity contribution in [2.24, 2.45) is 16.7 Å². The number of carbonyl (C=O) groups is 2. The first-order chi connectivity index (χ1) is 20.6. The SMILES string of the molecule is CO[C@@H]1C[C@@H](NC(=O)[C@@H]2NC3(CC(CF)(CF)C3)[C@@]3(C(=O)NC4C=C(Cl)C=CC43)[C@H]2c2cccc(Cl)c2F)CO[C@@H]1CO. The molecule has 0 bridgehead atoms. The number of hydrogen-bond acceptors (Lipinski definition) is 6. The van der Waals surface area contributed by atoms with E-state index in [1.165, 1.54) is 19.2 Å². The molecule has 3 saturated heterocycles. The van der Waals surface area contributed by atoms with Crippen molar-refractivity contribution >= 4 is 35.0 Å². The number of methoxy groups -OCH3 is 1. The van der Waals surface area contributed by atoms with Crippen LogP contribution >= 0.6 is 23.2 Å². The number of carbonyl (C=O) groups excluding carboxylic acids is 2. The highest BCUT2D eigenvalue weighted by Gasteiger charge is 2.80. The van der Waals surface area contributed by atoms with Crippen molar-refractivity contribution in [1.82, 2.24) is 16.0 Å². The Bertz CT molecular complexity index is 1350. The maximum absolute atomic E-state index is 16.0. The van der Waals surface area contributed by atoms with Crippen LogP contribution < -0.4 is 16.0 Å². The van der Waals surface area contributed by atoms with Gasteiger partial charge in [0.05, 0.1) is 61.2 Å². The fourth-order valence-corrected chi connectivity index (χ4v) is 8.88. The van der Waals surface area contributed by atoms with Gasteiger partial charge in [-0.3, -0.25) is 23.7 Å². The van der Waals surface area contributed by atoms with E-state index in [4.69, 9.17) is 32.7 Å². The molecule has 4 fully saturated rings. The highest BCUT2D eigenvalue weighted by atomic mass is 35.5. The molecule has 3 aliphatic heterocycles. The Labute approximate surface area is 257 Å². The fraction of sp³-hybridized carbons (Fsp3) is 0.600. The monoisotopic (exact) mass is 643 g/mol. The van der Waals surface area contributed by atoms with Gasteiger partial charge in [0, 0.05) is 34.9 Å². The number of amides is 2. The highest BCUT2D eigenvalue weighted by molar-refractivity contribution is 6.31. The molecule has 3 heterocycles. The Morgan fingerprint density at radius 2 is 2.00 bits per heavy atom. The molecule has 8 nitrogen and oxygen atoms in total. The van der Waals surface area contributed by atoms with Gasteiger partial charge in [-0.05, 0) is 43.0 Å². The predicted octanol–water partition coefficient (Wildman–Crippen LogP) is 3.07. The molecule has 2 spiro atoms. The highest BCUT2D eigenvalue weighted by Crippen LogP contribution is 2.70. The van der Waals surface area contributed by atoms with Crippen LogP contribution in [-0.4, -0.2) is 86.5 Å². The Balaban J connectivity index is 1.46. The van der Waals surface area contributed by atoms with E-state index in [1.807, 2.05) is 0 Å². The van der Waals surface area contributed by atoms with Gasteiger partial charge in [-0.2, -0.15) is 0 Å². The quantitative estimate of drug-likeness (QED) is 0.364. The first-order valence-electron chi connectivity index (χ1n) is 14.3. The number of fused-ring (bicyclic) bond motifs is 3. The average molecular weight is 645 g/mol. The van der Waals surface area contributed by atoms with Gasteiger partial charge in [0.25, 0.3) is 0 Å². The summed E-state index contributed by atoms with van der Waals surface area (Å²) >= 11 is 12.5. The van der Waals surface area contributed by atoms with Crippen LogP contribution in [0.25, 0.3) is 0 Å². The third-order valence-electron chi connectivity index (χ3n) is 10.2. The first-order valence-corrected chi connectivity index (χ1v) is 15.1. The van der Waals surface area contributed by atoms with Gasteiger partial charge >= 0.3 is 0 Å². The molecule has 1 aromatic rings. The molecule has 8 atom stereocenters. The topological polar surface area (TPSA) is 109 Å². The molecule has 1 aromatic carbocycles. The van der Waals surface area contributed by atoms with E-state index in [1.54, 1.807) is 24.3 Å². The second-order valence-corrected chi connectivity index (χ2v) is 13.4. The van der Waals surface area contributed by atoms with Crippen LogP contribution in [0.3, 0.4) is 0 Å². The van der Waals surface area contributed by atoms with Crippen LogP contribution in [0.1, 0.15) is 30.7 Å². The number of benzene rings is 1. The van der Waals surface area contributed by atoms with Crippen molar-refractivity contribution in [2.45, 2.75) is 61.1 Å². The van der Waals surface area contributed by atoms with Crippen molar-refractivity contribution in [3.8, 4) is 0 Å². The molecule has 43 heavy (non-hydrogen) atoms. The summed E-state index contributed by atoms with van der Waals surface area (Å²) in [5.41, 5.74) is -4.06. The number of ether oxygens (including phenoxy) is 2. The number of nitrogens with one attached hydrogen (secondary N) is 3. The number of aliphatic hydroxyl groups is 1. The van der Waals surface area contributed by atoms with Crippen molar-refractivity contribution in [1.29, 1.82) is 0 Å². The van der Waals surface area contributed by atoms with E-state index < -0.39 is 89.5 Å².